The van der Waals surface area contributed by atoms with Crippen LogP contribution in [-0.4, -0.2) is 52.1 Å². The van der Waals surface area contributed by atoms with E-state index in [0.717, 1.165) is 37.9 Å². The van der Waals surface area contributed by atoms with E-state index >= 15 is 0 Å². The van der Waals surface area contributed by atoms with E-state index in [2.05, 4.69) is 15.4 Å². The Labute approximate surface area is 203 Å². The van der Waals surface area contributed by atoms with Crippen molar-refractivity contribution in [2.24, 2.45) is 17.8 Å². The van der Waals surface area contributed by atoms with Gasteiger partial charge in [-0.05, 0) is 69.4 Å². The van der Waals surface area contributed by atoms with Gasteiger partial charge in [0.1, 0.15) is 6.04 Å². The number of ether oxygens (including phenoxy) is 1. The van der Waals surface area contributed by atoms with Crippen molar-refractivity contribution in [1.82, 2.24) is 15.4 Å². The Morgan fingerprint density at radius 1 is 1.03 bits per heavy atom. The Morgan fingerprint density at radius 2 is 1.71 bits per heavy atom. The topological polar surface area (TPSA) is 114 Å². The minimum absolute atomic E-state index is 0.0269. The molecule has 1 aromatic carbocycles. The maximum atomic E-state index is 12.9. The summed E-state index contributed by atoms with van der Waals surface area (Å²) in [5.41, 5.74) is 1.01. The highest BCUT2D eigenvalue weighted by molar-refractivity contribution is 7.89. The number of benzene rings is 1. The molecule has 9 heteroatoms. The summed E-state index contributed by atoms with van der Waals surface area (Å²) in [4.78, 5) is 25.8. The van der Waals surface area contributed by atoms with E-state index in [1.165, 1.54) is 0 Å². The van der Waals surface area contributed by atoms with Crippen LogP contribution in [0, 0.1) is 24.7 Å². The number of amides is 2. The van der Waals surface area contributed by atoms with Crippen molar-refractivity contribution in [3.63, 3.8) is 0 Å². The standard InChI is InChI=1S/C25H39N3O5S/c1-17(2)23(25(30)26-16-21-5-4-14-33-21)28-24(29)20-10-8-19(9-11-20)15-27-34(31,32)22-12-6-18(3)7-13-22/h6-7,12-13,17,19-21,23,27H,4-5,8-11,14-16H2,1-3H3,(H,26,30)(H,28,29). The molecule has 0 aromatic heterocycles. The van der Waals surface area contributed by atoms with Crippen LogP contribution >= 0.6 is 0 Å². The number of rotatable bonds is 10. The van der Waals surface area contributed by atoms with Crippen molar-refractivity contribution in [3.05, 3.63) is 29.8 Å². The fraction of sp³-hybridized carbons (Fsp3) is 0.680. The third kappa shape index (κ3) is 7.52. The summed E-state index contributed by atoms with van der Waals surface area (Å²) >= 11 is 0. The summed E-state index contributed by atoms with van der Waals surface area (Å²) in [6.45, 7) is 7.34. The molecule has 2 unspecified atom stereocenters. The summed E-state index contributed by atoms with van der Waals surface area (Å²) in [6, 6.07) is 6.21. The number of hydrogen-bond donors (Lipinski definition) is 3. The van der Waals surface area contributed by atoms with E-state index in [1.807, 2.05) is 20.8 Å². The lowest BCUT2D eigenvalue weighted by Gasteiger charge is -2.30. The third-order valence-electron chi connectivity index (χ3n) is 6.89. The number of sulfonamides is 1. The lowest BCUT2D eigenvalue weighted by atomic mass is 9.81. The van der Waals surface area contributed by atoms with Crippen molar-refractivity contribution in [2.45, 2.75) is 76.3 Å². The van der Waals surface area contributed by atoms with Crippen molar-refractivity contribution in [1.29, 1.82) is 0 Å². The van der Waals surface area contributed by atoms with Gasteiger partial charge in [0.05, 0.1) is 11.0 Å². The van der Waals surface area contributed by atoms with Crippen LogP contribution in [0.25, 0.3) is 0 Å². The van der Waals surface area contributed by atoms with E-state index in [1.54, 1.807) is 24.3 Å². The van der Waals surface area contributed by atoms with Gasteiger partial charge in [0.15, 0.2) is 0 Å². The van der Waals surface area contributed by atoms with Crippen LogP contribution in [0.15, 0.2) is 29.2 Å². The molecule has 1 saturated carbocycles. The average Bonchev–Trinajstić information content (AvgIpc) is 3.34. The van der Waals surface area contributed by atoms with Crippen LogP contribution in [0.1, 0.15) is 57.9 Å². The van der Waals surface area contributed by atoms with E-state index in [-0.39, 0.29) is 40.6 Å². The zero-order valence-corrected chi connectivity index (χ0v) is 21.3. The second-order valence-electron chi connectivity index (χ2n) is 9.99. The predicted molar refractivity (Wildman–Crippen MR) is 131 cm³/mol. The SMILES string of the molecule is Cc1ccc(S(=O)(=O)NCC2CCC(C(=O)NC(C(=O)NCC3CCCO3)C(C)C)CC2)cc1. The molecule has 3 N–H and O–H groups in total. The normalized spacial score (nSPS) is 24.1. The maximum Gasteiger partial charge on any atom is 0.242 e. The highest BCUT2D eigenvalue weighted by Crippen LogP contribution is 2.29. The molecule has 1 aromatic rings. The lowest BCUT2D eigenvalue weighted by molar-refractivity contribution is -0.133. The van der Waals surface area contributed by atoms with E-state index < -0.39 is 16.1 Å². The predicted octanol–water partition coefficient (Wildman–Crippen LogP) is 2.52. The summed E-state index contributed by atoms with van der Waals surface area (Å²) in [5.74, 6) is -0.249. The Hall–Kier alpha value is -1.97. The number of nitrogens with one attached hydrogen (secondary N) is 3. The second-order valence-corrected chi connectivity index (χ2v) is 11.8. The molecule has 0 radical (unpaired) electrons. The molecule has 190 valence electrons. The first-order chi connectivity index (χ1) is 16.2. The first-order valence-electron chi connectivity index (χ1n) is 12.4. The molecule has 1 saturated heterocycles. The maximum absolute atomic E-state index is 12.9. The van der Waals surface area contributed by atoms with Crippen LogP contribution in [0.2, 0.25) is 0 Å². The fourth-order valence-corrected chi connectivity index (χ4v) is 5.71. The number of hydrogen-bond acceptors (Lipinski definition) is 5. The van der Waals surface area contributed by atoms with E-state index in [0.29, 0.717) is 25.9 Å². The molecule has 2 amide bonds. The van der Waals surface area contributed by atoms with Gasteiger partial charge in [0.2, 0.25) is 21.8 Å². The van der Waals surface area contributed by atoms with Crippen LogP contribution in [0.5, 0.6) is 0 Å². The minimum atomic E-state index is -3.54. The molecule has 8 nitrogen and oxygen atoms in total. The first-order valence-corrected chi connectivity index (χ1v) is 13.9. The van der Waals surface area contributed by atoms with E-state index in [9.17, 15) is 18.0 Å². The summed E-state index contributed by atoms with van der Waals surface area (Å²) in [5, 5.41) is 5.88. The lowest BCUT2D eigenvalue weighted by Crippen LogP contribution is -2.52. The summed E-state index contributed by atoms with van der Waals surface area (Å²) in [6.07, 6.45) is 4.93. The average molecular weight is 494 g/mol. The van der Waals surface area contributed by atoms with Gasteiger partial charge in [0, 0.05) is 25.6 Å². The van der Waals surface area contributed by atoms with Gasteiger partial charge in [-0.2, -0.15) is 0 Å². The molecule has 1 heterocycles. The fourth-order valence-electron chi connectivity index (χ4n) is 4.59. The Morgan fingerprint density at radius 3 is 2.29 bits per heavy atom. The second kappa shape index (κ2) is 12.1. The van der Waals surface area contributed by atoms with Gasteiger partial charge < -0.3 is 15.4 Å². The minimum Gasteiger partial charge on any atom is -0.376 e. The molecule has 34 heavy (non-hydrogen) atoms. The Kier molecular flexibility index (Phi) is 9.50. The van der Waals surface area contributed by atoms with Crippen molar-refractivity contribution in [3.8, 4) is 0 Å². The molecule has 2 aliphatic rings. The molecule has 1 aliphatic heterocycles. The highest BCUT2D eigenvalue weighted by Gasteiger charge is 2.31. The monoisotopic (exact) mass is 493 g/mol. The zero-order chi connectivity index (χ0) is 24.7. The van der Waals surface area contributed by atoms with Gasteiger partial charge in [-0.15, -0.1) is 0 Å². The molecule has 1 aliphatic carbocycles. The molecule has 2 atom stereocenters. The van der Waals surface area contributed by atoms with Crippen LogP contribution in [0.3, 0.4) is 0 Å². The zero-order valence-electron chi connectivity index (χ0n) is 20.5. The molecule has 0 spiro atoms. The number of aryl methyl sites for hydroxylation is 1. The highest BCUT2D eigenvalue weighted by atomic mass is 32.2. The van der Waals surface area contributed by atoms with Gasteiger partial charge in [-0.25, -0.2) is 13.1 Å². The van der Waals surface area contributed by atoms with Crippen molar-refractivity contribution >= 4 is 21.8 Å². The van der Waals surface area contributed by atoms with Gasteiger partial charge in [-0.1, -0.05) is 31.5 Å². The van der Waals surface area contributed by atoms with Gasteiger partial charge in [0.25, 0.3) is 0 Å². The number of carbonyl (C=O) groups is 2. The van der Waals surface area contributed by atoms with Crippen LogP contribution in [-0.2, 0) is 24.3 Å². The van der Waals surface area contributed by atoms with Gasteiger partial charge >= 0.3 is 0 Å². The number of carbonyl (C=O) groups excluding carboxylic acids is 2. The quantitative estimate of drug-likeness (QED) is 0.464. The molecule has 3 rings (SSSR count). The Balaban J connectivity index is 1.43. The molecular weight excluding hydrogens is 454 g/mol. The molecular formula is C25H39N3O5S. The largest absolute Gasteiger partial charge is 0.376 e. The summed E-state index contributed by atoms with van der Waals surface area (Å²) < 4.78 is 33.3. The smallest absolute Gasteiger partial charge is 0.242 e. The van der Waals surface area contributed by atoms with Crippen molar-refractivity contribution in [2.75, 3.05) is 19.7 Å². The first kappa shape index (κ1) is 26.6. The third-order valence-corrected chi connectivity index (χ3v) is 8.33. The molecule has 2 fully saturated rings. The van der Waals surface area contributed by atoms with Gasteiger partial charge in [-0.3, -0.25) is 9.59 Å². The molecule has 0 bridgehead atoms. The summed E-state index contributed by atoms with van der Waals surface area (Å²) in [7, 11) is -3.54. The van der Waals surface area contributed by atoms with Crippen molar-refractivity contribution < 1.29 is 22.7 Å². The van der Waals surface area contributed by atoms with E-state index in [4.69, 9.17) is 4.74 Å². The Bertz CT molecular complexity index is 918. The van der Waals surface area contributed by atoms with Crippen LogP contribution in [0.4, 0.5) is 0 Å². The van der Waals surface area contributed by atoms with Crippen LogP contribution < -0.4 is 15.4 Å².